The number of nitrogens with one attached hydrogen (secondary N) is 1. The molecular formula is C9H15N3. The van der Waals surface area contributed by atoms with Gasteiger partial charge in [0.15, 0.2) is 0 Å². The highest BCUT2D eigenvalue weighted by Gasteiger charge is 2.23. The maximum atomic E-state index is 4.18. The number of aryl methyl sites for hydroxylation is 1. The van der Waals surface area contributed by atoms with Crippen LogP contribution in [0, 0.1) is 0 Å². The minimum Gasteiger partial charge on any atom is -0.314 e. The summed E-state index contributed by atoms with van der Waals surface area (Å²) in [5, 5.41) is 7.62. The molecule has 3 nitrogen and oxygen atoms in total. The normalized spacial score (nSPS) is 29.5. The summed E-state index contributed by atoms with van der Waals surface area (Å²) in [4.78, 5) is 0. The van der Waals surface area contributed by atoms with E-state index in [4.69, 9.17) is 0 Å². The molecule has 1 aromatic heterocycles. The molecule has 3 heteroatoms. The molecule has 2 atom stereocenters. The van der Waals surface area contributed by atoms with Crippen molar-refractivity contribution in [1.29, 1.82) is 0 Å². The maximum Gasteiger partial charge on any atom is 0.0492 e. The third-order valence-corrected chi connectivity index (χ3v) is 2.63. The van der Waals surface area contributed by atoms with Crippen molar-refractivity contribution in [2.75, 3.05) is 6.54 Å². The summed E-state index contributed by atoms with van der Waals surface area (Å²) in [6, 6.07) is 2.77. The van der Waals surface area contributed by atoms with Gasteiger partial charge in [0.2, 0.25) is 0 Å². The summed E-state index contributed by atoms with van der Waals surface area (Å²) in [5.74, 6) is 0.660. The van der Waals surface area contributed by atoms with E-state index in [2.05, 4.69) is 23.4 Å². The van der Waals surface area contributed by atoms with Crippen molar-refractivity contribution in [2.24, 2.45) is 7.05 Å². The fourth-order valence-electron chi connectivity index (χ4n) is 1.95. The van der Waals surface area contributed by atoms with Crippen LogP contribution in [0.1, 0.15) is 25.0 Å². The lowest BCUT2D eigenvalue weighted by atomic mass is 10.0. The van der Waals surface area contributed by atoms with Crippen LogP contribution < -0.4 is 5.32 Å². The zero-order valence-electron chi connectivity index (χ0n) is 7.62. The summed E-state index contributed by atoms with van der Waals surface area (Å²) < 4.78 is 1.98. The summed E-state index contributed by atoms with van der Waals surface area (Å²) >= 11 is 0. The quantitative estimate of drug-likeness (QED) is 0.669. The minimum atomic E-state index is 0.657. The highest BCUT2D eigenvalue weighted by molar-refractivity contribution is 5.11. The monoisotopic (exact) mass is 165 g/mol. The Bertz CT molecular complexity index is 266. The topological polar surface area (TPSA) is 29.9 Å². The van der Waals surface area contributed by atoms with Crippen LogP contribution in [-0.2, 0) is 7.05 Å². The van der Waals surface area contributed by atoms with Crippen molar-refractivity contribution in [2.45, 2.75) is 25.3 Å². The third-order valence-electron chi connectivity index (χ3n) is 2.63. The summed E-state index contributed by atoms with van der Waals surface area (Å²) in [7, 11) is 2.01. The first-order valence-corrected chi connectivity index (χ1v) is 4.48. The van der Waals surface area contributed by atoms with Crippen LogP contribution in [-0.4, -0.2) is 22.4 Å². The molecule has 1 fully saturated rings. The second kappa shape index (κ2) is 2.90. The lowest BCUT2D eigenvalue weighted by Gasteiger charge is -2.07. The Labute approximate surface area is 72.8 Å². The molecule has 0 saturated carbocycles. The lowest BCUT2D eigenvalue weighted by molar-refractivity contribution is 0.622. The Morgan fingerprint density at radius 2 is 2.50 bits per heavy atom. The van der Waals surface area contributed by atoms with E-state index in [0.717, 1.165) is 6.54 Å². The second-order valence-corrected chi connectivity index (χ2v) is 3.62. The molecule has 0 bridgehead atoms. The Balaban J connectivity index is 2.16. The fourth-order valence-corrected chi connectivity index (χ4v) is 1.95. The summed E-state index contributed by atoms with van der Waals surface area (Å²) in [5.41, 5.74) is 1.35. The maximum absolute atomic E-state index is 4.18. The number of rotatable bonds is 1. The van der Waals surface area contributed by atoms with E-state index in [9.17, 15) is 0 Å². The van der Waals surface area contributed by atoms with Crippen LogP contribution in [0.3, 0.4) is 0 Å². The van der Waals surface area contributed by atoms with Gasteiger partial charge in [0, 0.05) is 37.4 Å². The second-order valence-electron chi connectivity index (χ2n) is 3.62. The van der Waals surface area contributed by atoms with Gasteiger partial charge < -0.3 is 5.32 Å². The van der Waals surface area contributed by atoms with Crippen molar-refractivity contribution >= 4 is 0 Å². The van der Waals surface area contributed by atoms with Crippen molar-refractivity contribution < 1.29 is 0 Å². The standard InChI is InChI=1S/C9H15N3/c1-7-5-8(6-10-7)9-3-4-11-12(9)2/h3-4,7-8,10H,5-6H2,1-2H3. The zero-order valence-corrected chi connectivity index (χ0v) is 7.62. The SMILES string of the molecule is CC1CC(c2ccnn2C)CN1. The first-order chi connectivity index (χ1) is 5.77. The first-order valence-electron chi connectivity index (χ1n) is 4.48. The van der Waals surface area contributed by atoms with E-state index >= 15 is 0 Å². The lowest BCUT2D eigenvalue weighted by Crippen LogP contribution is -2.16. The van der Waals surface area contributed by atoms with Gasteiger partial charge in [-0.2, -0.15) is 5.10 Å². The van der Waals surface area contributed by atoms with E-state index in [1.165, 1.54) is 12.1 Å². The van der Waals surface area contributed by atoms with Crippen LogP contribution in [0.5, 0.6) is 0 Å². The molecule has 12 heavy (non-hydrogen) atoms. The van der Waals surface area contributed by atoms with Crippen LogP contribution >= 0.6 is 0 Å². The average Bonchev–Trinajstić information content (AvgIpc) is 2.58. The van der Waals surface area contributed by atoms with Gasteiger partial charge in [0.05, 0.1) is 0 Å². The Morgan fingerprint density at radius 1 is 1.67 bits per heavy atom. The van der Waals surface area contributed by atoms with Gasteiger partial charge in [0.25, 0.3) is 0 Å². The van der Waals surface area contributed by atoms with Gasteiger partial charge in [-0.25, -0.2) is 0 Å². The molecule has 1 aliphatic heterocycles. The summed E-state index contributed by atoms with van der Waals surface area (Å²) in [6.45, 7) is 3.33. The largest absolute Gasteiger partial charge is 0.314 e. The van der Waals surface area contributed by atoms with E-state index in [1.807, 2.05) is 17.9 Å². The molecule has 1 aromatic rings. The van der Waals surface area contributed by atoms with Crippen molar-refractivity contribution in [3.63, 3.8) is 0 Å². The molecule has 66 valence electrons. The van der Waals surface area contributed by atoms with E-state index in [-0.39, 0.29) is 0 Å². The Kier molecular flexibility index (Phi) is 1.89. The highest BCUT2D eigenvalue weighted by atomic mass is 15.3. The smallest absolute Gasteiger partial charge is 0.0492 e. The van der Waals surface area contributed by atoms with Gasteiger partial charge in [0.1, 0.15) is 0 Å². The average molecular weight is 165 g/mol. The molecule has 2 rings (SSSR count). The molecular weight excluding hydrogens is 150 g/mol. The molecule has 0 aliphatic carbocycles. The molecule has 0 amide bonds. The molecule has 2 heterocycles. The van der Waals surface area contributed by atoms with Gasteiger partial charge in [-0.1, -0.05) is 0 Å². The minimum absolute atomic E-state index is 0.657. The van der Waals surface area contributed by atoms with E-state index in [0.29, 0.717) is 12.0 Å². The van der Waals surface area contributed by atoms with Crippen molar-refractivity contribution in [3.8, 4) is 0 Å². The van der Waals surface area contributed by atoms with Crippen LogP contribution in [0.25, 0.3) is 0 Å². The molecule has 0 radical (unpaired) electrons. The molecule has 1 N–H and O–H groups in total. The predicted molar refractivity (Wildman–Crippen MR) is 48.0 cm³/mol. The van der Waals surface area contributed by atoms with Gasteiger partial charge in [-0.3, -0.25) is 4.68 Å². The van der Waals surface area contributed by atoms with Gasteiger partial charge >= 0.3 is 0 Å². The molecule has 0 aromatic carbocycles. The Hall–Kier alpha value is -0.830. The van der Waals surface area contributed by atoms with Gasteiger partial charge in [-0.15, -0.1) is 0 Å². The third kappa shape index (κ3) is 1.25. The highest BCUT2D eigenvalue weighted by Crippen LogP contribution is 2.24. The first kappa shape index (κ1) is 7.80. The van der Waals surface area contributed by atoms with Crippen LogP contribution in [0.4, 0.5) is 0 Å². The number of nitrogens with zero attached hydrogens (tertiary/aromatic N) is 2. The number of aromatic nitrogens is 2. The van der Waals surface area contributed by atoms with Crippen molar-refractivity contribution in [3.05, 3.63) is 18.0 Å². The van der Waals surface area contributed by atoms with Gasteiger partial charge in [-0.05, 0) is 19.4 Å². The van der Waals surface area contributed by atoms with Crippen LogP contribution in [0.2, 0.25) is 0 Å². The summed E-state index contributed by atoms with van der Waals surface area (Å²) in [6.07, 6.45) is 3.11. The number of hydrogen-bond acceptors (Lipinski definition) is 2. The predicted octanol–water partition coefficient (Wildman–Crippen LogP) is 0.885. The molecule has 1 aliphatic rings. The molecule has 1 saturated heterocycles. The molecule has 0 spiro atoms. The fraction of sp³-hybridized carbons (Fsp3) is 0.667. The Morgan fingerprint density at radius 3 is 3.00 bits per heavy atom. The van der Waals surface area contributed by atoms with E-state index < -0.39 is 0 Å². The number of hydrogen-bond donors (Lipinski definition) is 1. The van der Waals surface area contributed by atoms with E-state index in [1.54, 1.807) is 0 Å². The van der Waals surface area contributed by atoms with Crippen LogP contribution in [0.15, 0.2) is 12.3 Å². The molecule has 2 unspecified atom stereocenters. The van der Waals surface area contributed by atoms with Crippen molar-refractivity contribution in [1.82, 2.24) is 15.1 Å². The zero-order chi connectivity index (χ0) is 8.55.